The Morgan fingerprint density at radius 3 is 2.59 bits per heavy atom. The fraction of sp³-hybridized carbons (Fsp3) is 0.269. The van der Waals surface area contributed by atoms with Crippen molar-refractivity contribution in [1.29, 1.82) is 0 Å². The van der Waals surface area contributed by atoms with E-state index in [4.69, 9.17) is 9.47 Å². The molecule has 0 fully saturated rings. The van der Waals surface area contributed by atoms with Crippen LogP contribution in [-0.4, -0.2) is 18.4 Å². The first-order chi connectivity index (χ1) is 15.0. The fourth-order valence-corrected chi connectivity index (χ4v) is 4.54. The van der Waals surface area contributed by atoms with Crippen LogP contribution in [0.1, 0.15) is 49.9 Å². The second-order valence-corrected chi connectivity index (χ2v) is 8.37. The topological polar surface area (TPSA) is 56.5 Å². The zero-order valence-electron chi connectivity index (χ0n) is 18.1. The van der Waals surface area contributed by atoms with Crippen molar-refractivity contribution in [3.8, 4) is 11.5 Å². The van der Waals surface area contributed by atoms with Gasteiger partial charge in [0.2, 0.25) is 6.79 Å². The van der Waals surface area contributed by atoms with Gasteiger partial charge < -0.3 is 26.5 Å². The predicted octanol–water partition coefficient (Wildman–Crippen LogP) is 0.864. The lowest BCUT2D eigenvalue weighted by Crippen LogP contribution is -3.00. The van der Waals surface area contributed by atoms with E-state index < -0.39 is 0 Å². The molecule has 164 valence electrons. The molecule has 2 heterocycles. The smallest absolute Gasteiger partial charge is 0.231 e. The minimum Gasteiger partial charge on any atom is -1.00 e. The number of aromatic nitrogens is 1. The zero-order chi connectivity index (χ0) is 21.5. The highest BCUT2D eigenvalue weighted by Crippen LogP contribution is 2.40. The molecule has 3 aromatic rings. The van der Waals surface area contributed by atoms with Crippen LogP contribution in [0.25, 0.3) is 0 Å². The van der Waals surface area contributed by atoms with Crippen molar-refractivity contribution in [1.82, 2.24) is 0 Å². The van der Waals surface area contributed by atoms with E-state index >= 15 is 0 Å². The van der Waals surface area contributed by atoms with Gasteiger partial charge in [0, 0.05) is 23.1 Å². The Kier molecular flexibility index (Phi) is 6.15. The van der Waals surface area contributed by atoms with E-state index in [1.54, 1.807) is 13.0 Å². The van der Waals surface area contributed by atoms with Crippen LogP contribution in [0.15, 0.2) is 54.9 Å². The number of hydrogen-bond acceptors (Lipinski definition) is 4. The van der Waals surface area contributed by atoms with Gasteiger partial charge in [-0.25, -0.2) is 4.57 Å². The van der Waals surface area contributed by atoms with Crippen LogP contribution in [-0.2, 0) is 19.4 Å². The highest BCUT2D eigenvalue weighted by molar-refractivity contribution is 6.03. The number of aryl methyl sites for hydroxylation is 1. The first-order valence-electron chi connectivity index (χ1n) is 10.5. The van der Waals surface area contributed by atoms with Gasteiger partial charge in [-0.15, -0.1) is 0 Å². The molecular weight excluding hydrogens is 470 g/mol. The number of hydrogen-bond donors (Lipinski definition) is 0. The summed E-state index contributed by atoms with van der Waals surface area (Å²) in [5.74, 6) is 1.28. The SMILES string of the molecule is CC(=O)c1c[n+](Cc2ccccc2C)ccc1CC1Cc2cc3c(cc2C1=O)OCO3.[Br-]. The van der Waals surface area contributed by atoms with Crippen LogP contribution in [0.2, 0.25) is 0 Å². The monoisotopic (exact) mass is 493 g/mol. The van der Waals surface area contributed by atoms with Gasteiger partial charge in [-0.1, -0.05) is 24.3 Å². The molecule has 6 heteroatoms. The number of Topliss-reactive ketones (excluding diaryl/α,β-unsaturated/α-hetero) is 2. The maximum absolute atomic E-state index is 13.0. The molecule has 0 spiro atoms. The van der Waals surface area contributed by atoms with Gasteiger partial charge in [0.25, 0.3) is 0 Å². The lowest BCUT2D eigenvalue weighted by Gasteiger charge is -2.11. The van der Waals surface area contributed by atoms with E-state index in [0.717, 1.165) is 11.1 Å². The Bertz CT molecular complexity index is 1220. The van der Waals surface area contributed by atoms with Gasteiger partial charge >= 0.3 is 0 Å². The summed E-state index contributed by atoms with van der Waals surface area (Å²) in [4.78, 5) is 25.5. The molecule has 5 rings (SSSR count). The van der Waals surface area contributed by atoms with Gasteiger partial charge in [-0.2, -0.15) is 0 Å². The van der Waals surface area contributed by atoms with Gasteiger partial charge in [0.15, 0.2) is 42.0 Å². The Labute approximate surface area is 197 Å². The van der Waals surface area contributed by atoms with Gasteiger partial charge in [-0.3, -0.25) is 9.59 Å². The summed E-state index contributed by atoms with van der Waals surface area (Å²) in [5, 5.41) is 0. The van der Waals surface area contributed by atoms with E-state index in [9.17, 15) is 9.59 Å². The molecule has 1 aliphatic carbocycles. The highest BCUT2D eigenvalue weighted by Gasteiger charge is 2.34. The highest BCUT2D eigenvalue weighted by atomic mass is 79.9. The maximum atomic E-state index is 13.0. The first-order valence-corrected chi connectivity index (χ1v) is 10.5. The molecule has 0 radical (unpaired) electrons. The molecule has 5 nitrogen and oxygen atoms in total. The molecule has 2 aromatic carbocycles. The Morgan fingerprint density at radius 2 is 1.84 bits per heavy atom. The van der Waals surface area contributed by atoms with Gasteiger partial charge in [0.1, 0.15) is 0 Å². The van der Waals surface area contributed by atoms with Crippen molar-refractivity contribution in [2.75, 3.05) is 6.79 Å². The molecule has 1 atom stereocenters. The number of ether oxygens (including phenoxy) is 2. The number of carbonyl (C=O) groups excluding carboxylic acids is 2. The van der Waals surface area contributed by atoms with Crippen LogP contribution >= 0.6 is 0 Å². The number of rotatable bonds is 5. The number of ketones is 2. The molecule has 0 saturated carbocycles. The summed E-state index contributed by atoms with van der Waals surface area (Å²) >= 11 is 0. The normalized spacial score (nSPS) is 15.9. The van der Waals surface area contributed by atoms with E-state index in [0.29, 0.717) is 42.0 Å². The third-order valence-electron chi connectivity index (χ3n) is 6.27. The Hall–Kier alpha value is -2.99. The quantitative estimate of drug-likeness (QED) is 0.390. The average Bonchev–Trinajstić information content (AvgIpc) is 3.33. The summed E-state index contributed by atoms with van der Waals surface area (Å²) in [6, 6.07) is 13.9. The molecule has 1 aromatic heterocycles. The van der Waals surface area contributed by atoms with Crippen LogP contribution in [0.4, 0.5) is 0 Å². The van der Waals surface area contributed by atoms with Crippen molar-refractivity contribution in [2.24, 2.45) is 5.92 Å². The number of carbonyl (C=O) groups is 2. The lowest BCUT2D eigenvalue weighted by molar-refractivity contribution is -0.688. The summed E-state index contributed by atoms with van der Waals surface area (Å²) in [7, 11) is 0. The molecule has 0 bridgehead atoms. The third-order valence-corrected chi connectivity index (χ3v) is 6.27. The number of pyridine rings is 1. The van der Waals surface area contributed by atoms with E-state index in [1.807, 2.05) is 41.2 Å². The molecule has 1 unspecified atom stereocenters. The fourth-order valence-electron chi connectivity index (χ4n) is 4.54. The molecule has 0 amide bonds. The summed E-state index contributed by atoms with van der Waals surface area (Å²) in [6.45, 7) is 4.57. The summed E-state index contributed by atoms with van der Waals surface area (Å²) in [5.41, 5.74) is 5.73. The minimum absolute atomic E-state index is 0. The number of nitrogens with zero attached hydrogens (tertiary/aromatic N) is 1. The van der Waals surface area contributed by atoms with Crippen molar-refractivity contribution in [3.63, 3.8) is 0 Å². The summed E-state index contributed by atoms with van der Waals surface area (Å²) in [6.07, 6.45) is 5.10. The standard InChI is InChI=1S/C26H24NO4.BrH/c1-16-5-3-4-6-19(16)13-27-8-7-18(23(14-27)17(2)28)9-21-10-20-11-24-25(31-15-30-24)12-22(20)26(21)29;/h3-8,11-12,14,21H,9-10,13,15H2,1-2H3;1H/q+1;/p-1. The number of fused-ring (bicyclic) bond motifs is 2. The van der Waals surface area contributed by atoms with Crippen LogP contribution < -0.4 is 31.0 Å². The third kappa shape index (κ3) is 4.07. The maximum Gasteiger partial charge on any atom is 0.231 e. The zero-order valence-corrected chi connectivity index (χ0v) is 19.6. The van der Waals surface area contributed by atoms with E-state index in [-0.39, 0.29) is 41.3 Å². The van der Waals surface area contributed by atoms with Crippen LogP contribution in [0, 0.1) is 12.8 Å². The van der Waals surface area contributed by atoms with Crippen molar-refractivity contribution in [3.05, 3.63) is 88.2 Å². The van der Waals surface area contributed by atoms with Crippen molar-refractivity contribution >= 4 is 11.6 Å². The second-order valence-electron chi connectivity index (χ2n) is 8.37. The lowest BCUT2D eigenvalue weighted by atomic mass is 9.92. The molecule has 32 heavy (non-hydrogen) atoms. The molecule has 1 aliphatic heterocycles. The van der Waals surface area contributed by atoms with E-state index in [1.165, 1.54) is 11.1 Å². The number of benzene rings is 2. The first kappa shape index (κ1) is 22.2. The molecule has 2 aliphatic rings. The van der Waals surface area contributed by atoms with Crippen molar-refractivity contribution in [2.45, 2.75) is 33.2 Å². The van der Waals surface area contributed by atoms with Gasteiger partial charge in [0.05, 0.1) is 5.56 Å². The minimum atomic E-state index is -0.178. The predicted molar refractivity (Wildman–Crippen MR) is 115 cm³/mol. The Balaban J connectivity index is 0.00000245. The van der Waals surface area contributed by atoms with Crippen LogP contribution in [0.3, 0.4) is 0 Å². The average molecular weight is 494 g/mol. The number of halogens is 1. The van der Waals surface area contributed by atoms with E-state index in [2.05, 4.69) is 19.1 Å². The van der Waals surface area contributed by atoms with Crippen molar-refractivity contribution < 1.29 is 40.6 Å². The Morgan fingerprint density at radius 1 is 1.09 bits per heavy atom. The molecule has 0 saturated heterocycles. The second kappa shape index (κ2) is 8.87. The van der Waals surface area contributed by atoms with Crippen LogP contribution in [0.5, 0.6) is 11.5 Å². The molecular formula is C26H24BrNO4. The van der Waals surface area contributed by atoms with Gasteiger partial charge in [-0.05, 0) is 55.5 Å². The molecule has 0 N–H and O–H groups in total. The largest absolute Gasteiger partial charge is 1.00 e. The summed E-state index contributed by atoms with van der Waals surface area (Å²) < 4.78 is 12.9.